The van der Waals surface area contributed by atoms with E-state index < -0.39 is 12.1 Å². The summed E-state index contributed by atoms with van der Waals surface area (Å²) in [6, 6.07) is 13.5. The average molecular weight is 355 g/mol. The fourth-order valence-electron chi connectivity index (χ4n) is 2.36. The molecule has 0 aromatic heterocycles. The molecule has 1 amide bonds. The Kier molecular flexibility index (Phi) is 6.49. The number of ether oxygens (including phenoxy) is 2. The Morgan fingerprint density at radius 2 is 1.62 bits per heavy atom. The van der Waals surface area contributed by atoms with Gasteiger partial charge in [0.1, 0.15) is 5.75 Å². The maximum atomic E-state index is 12.3. The molecule has 1 N–H and O–H groups in total. The summed E-state index contributed by atoms with van der Waals surface area (Å²) in [4.78, 5) is 35.4. The molecule has 0 saturated carbocycles. The molecule has 2 aromatic rings. The molecule has 0 radical (unpaired) electrons. The number of Topliss-reactive ketones (excluding diaryl/α,β-unsaturated/α-hetero) is 1. The molecule has 0 aliphatic rings. The van der Waals surface area contributed by atoms with Gasteiger partial charge in [-0.05, 0) is 48.9 Å². The fourth-order valence-corrected chi connectivity index (χ4v) is 2.36. The van der Waals surface area contributed by atoms with Crippen molar-refractivity contribution in [2.45, 2.75) is 26.4 Å². The third kappa shape index (κ3) is 5.44. The molecule has 0 fully saturated rings. The van der Waals surface area contributed by atoms with E-state index in [4.69, 9.17) is 9.47 Å². The number of methoxy groups -OCH3 is 1. The fraction of sp³-hybridized carbons (Fsp3) is 0.250. The van der Waals surface area contributed by atoms with Crippen molar-refractivity contribution >= 4 is 23.3 Å². The lowest BCUT2D eigenvalue weighted by molar-refractivity contribution is -0.145. The monoisotopic (exact) mass is 355 g/mol. The van der Waals surface area contributed by atoms with Crippen molar-refractivity contribution < 1.29 is 23.9 Å². The van der Waals surface area contributed by atoms with Crippen LogP contribution in [0.25, 0.3) is 0 Å². The number of hydrogen-bond acceptors (Lipinski definition) is 5. The Bertz CT molecular complexity index is 781. The summed E-state index contributed by atoms with van der Waals surface area (Å²) in [5.74, 6) is -0.286. The molecule has 0 spiro atoms. The van der Waals surface area contributed by atoms with Crippen LogP contribution < -0.4 is 10.1 Å². The zero-order valence-corrected chi connectivity index (χ0v) is 14.9. The molecule has 0 saturated heterocycles. The highest BCUT2D eigenvalue weighted by Crippen LogP contribution is 2.15. The van der Waals surface area contributed by atoms with Crippen molar-refractivity contribution in [3.05, 3.63) is 59.7 Å². The van der Waals surface area contributed by atoms with Gasteiger partial charge < -0.3 is 14.8 Å². The van der Waals surface area contributed by atoms with Crippen LogP contribution in [0.2, 0.25) is 0 Å². The van der Waals surface area contributed by atoms with Crippen LogP contribution in [-0.2, 0) is 20.7 Å². The summed E-state index contributed by atoms with van der Waals surface area (Å²) in [7, 11) is 1.55. The zero-order valence-electron chi connectivity index (χ0n) is 14.9. The minimum atomic E-state index is -0.880. The third-order valence-electron chi connectivity index (χ3n) is 3.67. The molecular weight excluding hydrogens is 334 g/mol. The van der Waals surface area contributed by atoms with Gasteiger partial charge in [-0.25, -0.2) is 0 Å². The maximum Gasteiger partial charge on any atom is 0.310 e. The maximum absolute atomic E-state index is 12.3. The SMILES string of the molecule is COc1ccc(C(=O)[C@@H](C)OC(=O)Cc2ccc(NC(C)=O)cc2)cc1. The van der Waals surface area contributed by atoms with Gasteiger partial charge in [-0.2, -0.15) is 0 Å². The molecule has 6 nitrogen and oxygen atoms in total. The molecular formula is C20H21NO5. The Morgan fingerprint density at radius 3 is 2.15 bits per heavy atom. The second kappa shape index (κ2) is 8.80. The summed E-state index contributed by atoms with van der Waals surface area (Å²) in [6.07, 6.45) is -0.838. The van der Waals surface area contributed by atoms with E-state index in [-0.39, 0.29) is 18.1 Å². The third-order valence-corrected chi connectivity index (χ3v) is 3.67. The van der Waals surface area contributed by atoms with Crippen LogP contribution in [-0.4, -0.2) is 30.9 Å². The van der Waals surface area contributed by atoms with Crippen LogP contribution in [0.15, 0.2) is 48.5 Å². The first-order valence-corrected chi connectivity index (χ1v) is 8.13. The van der Waals surface area contributed by atoms with Gasteiger partial charge in [-0.15, -0.1) is 0 Å². The second-order valence-corrected chi connectivity index (χ2v) is 5.78. The zero-order chi connectivity index (χ0) is 19.1. The number of benzene rings is 2. The Labute approximate surface area is 152 Å². The highest BCUT2D eigenvalue weighted by Gasteiger charge is 2.19. The first-order chi connectivity index (χ1) is 12.4. The first kappa shape index (κ1) is 19.2. The molecule has 0 unspecified atom stereocenters. The predicted octanol–water partition coefficient (Wildman–Crippen LogP) is 3.01. The van der Waals surface area contributed by atoms with Crippen LogP contribution in [0.4, 0.5) is 5.69 Å². The van der Waals surface area contributed by atoms with E-state index in [0.717, 1.165) is 5.56 Å². The summed E-state index contributed by atoms with van der Waals surface area (Å²) in [6.45, 7) is 2.97. The second-order valence-electron chi connectivity index (χ2n) is 5.78. The van der Waals surface area contributed by atoms with Crippen molar-refractivity contribution in [1.29, 1.82) is 0 Å². The molecule has 26 heavy (non-hydrogen) atoms. The summed E-state index contributed by atoms with van der Waals surface area (Å²) in [5.41, 5.74) is 1.83. The molecule has 6 heteroatoms. The lowest BCUT2D eigenvalue weighted by Gasteiger charge is -2.13. The number of anilines is 1. The number of nitrogens with one attached hydrogen (secondary N) is 1. The van der Waals surface area contributed by atoms with Crippen LogP contribution in [0.5, 0.6) is 5.75 Å². The van der Waals surface area contributed by atoms with Gasteiger partial charge in [-0.1, -0.05) is 12.1 Å². The van der Waals surface area contributed by atoms with Gasteiger partial charge >= 0.3 is 5.97 Å². The number of hydrogen-bond donors (Lipinski definition) is 1. The summed E-state index contributed by atoms with van der Waals surface area (Å²) >= 11 is 0. The van der Waals surface area contributed by atoms with Crippen molar-refractivity contribution in [2.75, 3.05) is 12.4 Å². The van der Waals surface area contributed by atoms with E-state index in [0.29, 0.717) is 17.0 Å². The smallest absolute Gasteiger partial charge is 0.310 e. The standard InChI is InChI=1S/C20H21NO5/c1-13(20(24)16-6-10-18(25-3)11-7-16)26-19(23)12-15-4-8-17(9-5-15)21-14(2)22/h4-11,13H,12H2,1-3H3,(H,21,22)/t13-/m1/s1. The minimum absolute atomic E-state index is 0.0422. The molecule has 2 rings (SSSR count). The van der Waals surface area contributed by atoms with Crippen LogP contribution in [0.1, 0.15) is 29.8 Å². The Morgan fingerprint density at radius 1 is 1.00 bits per heavy atom. The number of ketones is 1. The van der Waals surface area contributed by atoms with Crippen molar-refractivity contribution in [3.63, 3.8) is 0 Å². The van der Waals surface area contributed by atoms with Gasteiger partial charge in [0.05, 0.1) is 13.5 Å². The van der Waals surface area contributed by atoms with E-state index in [1.54, 1.807) is 62.6 Å². The van der Waals surface area contributed by atoms with E-state index in [9.17, 15) is 14.4 Å². The molecule has 2 aromatic carbocycles. The van der Waals surface area contributed by atoms with Crippen molar-refractivity contribution in [1.82, 2.24) is 0 Å². The Balaban J connectivity index is 1.91. The van der Waals surface area contributed by atoms with Gasteiger partial charge in [0.15, 0.2) is 6.10 Å². The summed E-state index contributed by atoms with van der Waals surface area (Å²) in [5, 5.41) is 2.65. The van der Waals surface area contributed by atoms with E-state index in [1.165, 1.54) is 6.92 Å². The Hall–Kier alpha value is -3.15. The predicted molar refractivity (Wildman–Crippen MR) is 97.3 cm³/mol. The topological polar surface area (TPSA) is 81.7 Å². The molecule has 0 heterocycles. The van der Waals surface area contributed by atoms with Gasteiger partial charge in [0, 0.05) is 18.2 Å². The average Bonchev–Trinajstić information content (AvgIpc) is 2.62. The quantitative estimate of drug-likeness (QED) is 0.610. The normalized spacial score (nSPS) is 11.3. The number of amides is 1. The number of carbonyl (C=O) groups is 3. The molecule has 0 bridgehead atoms. The number of rotatable bonds is 7. The molecule has 1 atom stereocenters. The van der Waals surface area contributed by atoms with Crippen LogP contribution in [0.3, 0.4) is 0 Å². The van der Waals surface area contributed by atoms with E-state index in [1.807, 2.05) is 0 Å². The van der Waals surface area contributed by atoms with Crippen molar-refractivity contribution in [3.8, 4) is 5.75 Å². The highest BCUT2D eigenvalue weighted by atomic mass is 16.5. The highest BCUT2D eigenvalue weighted by molar-refractivity contribution is 6.00. The van der Waals surface area contributed by atoms with Crippen molar-refractivity contribution in [2.24, 2.45) is 0 Å². The van der Waals surface area contributed by atoms with E-state index >= 15 is 0 Å². The number of carbonyl (C=O) groups excluding carboxylic acids is 3. The van der Waals surface area contributed by atoms with Crippen LogP contribution in [0, 0.1) is 0 Å². The minimum Gasteiger partial charge on any atom is -0.497 e. The van der Waals surface area contributed by atoms with Gasteiger partial charge in [0.25, 0.3) is 0 Å². The first-order valence-electron chi connectivity index (χ1n) is 8.13. The number of esters is 1. The molecule has 136 valence electrons. The molecule has 0 aliphatic carbocycles. The largest absolute Gasteiger partial charge is 0.497 e. The summed E-state index contributed by atoms with van der Waals surface area (Å²) < 4.78 is 10.3. The molecule has 0 aliphatic heterocycles. The lowest BCUT2D eigenvalue weighted by atomic mass is 10.1. The van der Waals surface area contributed by atoms with Gasteiger partial charge in [-0.3, -0.25) is 14.4 Å². The van der Waals surface area contributed by atoms with Crippen LogP contribution >= 0.6 is 0 Å². The van der Waals surface area contributed by atoms with Gasteiger partial charge in [0.2, 0.25) is 11.7 Å². The van der Waals surface area contributed by atoms with E-state index in [2.05, 4.69) is 5.32 Å². The lowest BCUT2D eigenvalue weighted by Crippen LogP contribution is -2.25.